The molecule has 0 aliphatic carbocycles. The number of hydrogen-bond donors (Lipinski definition) is 2. The van der Waals surface area contributed by atoms with Crippen LogP contribution in [-0.4, -0.2) is 10.0 Å². The zero-order valence-electron chi connectivity index (χ0n) is 11.1. The Balaban J connectivity index is 2.12. The van der Waals surface area contributed by atoms with E-state index in [9.17, 15) is 14.5 Å². The van der Waals surface area contributed by atoms with E-state index < -0.39 is 10.7 Å². The van der Waals surface area contributed by atoms with Gasteiger partial charge in [0.15, 0.2) is 5.11 Å². The molecule has 0 unspecified atom stereocenters. The number of aryl methyl sites for hydroxylation is 1. The molecule has 2 aromatic carbocycles. The molecule has 0 heterocycles. The maximum atomic E-state index is 13.5. The predicted octanol–water partition coefficient (Wildman–Crippen LogP) is 3.85. The first-order valence-electron chi connectivity index (χ1n) is 6.05. The van der Waals surface area contributed by atoms with E-state index in [1.807, 2.05) is 0 Å². The van der Waals surface area contributed by atoms with E-state index in [1.54, 1.807) is 37.3 Å². The van der Waals surface area contributed by atoms with Crippen LogP contribution in [0.3, 0.4) is 0 Å². The number of nitro benzene ring substituents is 1. The van der Waals surface area contributed by atoms with Gasteiger partial charge in [0.05, 0.1) is 10.6 Å². The quantitative estimate of drug-likeness (QED) is 0.512. The fourth-order valence-corrected chi connectivity index (χ4v) is 1.96. The molecule has 21 heavy (non-hydrogen) atoms. The number of halogens is 1. The number of nitrogens with zero attached hydrogens (tertiary/aromatic N) is 1. The van der Waals surface area contributed by atoms with Crippen LogP contribution in [0.1, 0.15) is 5.56 Å². The van der Waals surface area contributed by atoms with Crippen LogP contribution in [-0.2, 0) is 0 Å². The number of para-hydroxylation sites is 1. The van der Waals surface area contributed by atoms with Gasteiger partial charge in [0.1, 0.15) is 5.82 Å². The maximum Gasteiger partial charge on any atom is 0.274 e. The monoisotopic (exact) mass is 305 g/mol. The van der Waals surface area contributed by atoms with E-state index in [0.29, 0.717) is 11.3 Å². The predicted molar refractivity (Wildman–Crippen MR) is 84.1 cm³/mol. The van der Waals surface area contributed by atoms with Crippen LogP contribution in [0.25, 0.3) is 0 Å². The zero-order chi connectivity index (χ0) is 15.4. The van der Waals surface area contributed by atoms with Gasteiger partial charge in [-0.1, -0.05) is 18.2 Å². The van der Waals surface area contributed by atoms with E-state index in [1.165, 1.54) is 12.1 Å². The fourth-order valence-electron chi connectivity index (χ4n) is 1.73. The first-order valence-corrected chi connectivity index (χ1v) is 6.46. The molecule has 0 amide bonds. The van der Waals surface area contributed by atoms with Gasteiger partial charge in [0, 0.05) is 17.3 Å². The van der Waals surface area contributed by atoms with Gasteiger partial charge in [-0.25, -0.2) is 4.39 Å². The Morgan fingerprint density at radius 3 is 2.62 bits per heavy atom. The number of thiocarbonyl (C=S) groups is 1. The van der Waals surface area contributed by atoms with Crippen molar-refractivity contribution in [2.24, 2.45) is 0 Å². The highest BCUT2D eigenvalue weighted by molar-refractivity contribution is 7.80. The molecule has 2 N–H and O–H groups in total. The molecule has 7 heteroatoms. The van der Waals surface area contributed by atoms with Crippen LogP contribution in [0.2, 0.25) is 0 Å². The highest BCUT2D eigenvalue weighted by Gasteiger charge is 2.11. The molecule has 0 radical (unpaired) electrons. The minimum Gasteiger partial charge on any atom is -0.332 e. The van der Waals surface area contributed by atoms with Crippen LogP contribution in [0.15, 0.2) is 42.5 Å². The maximum absolute atomic E-state index is 13.5. The van der Waals surface area contributed by atoms with Crippen molar-refractivity contribution in [2.45, 2.75) is 6.92 Å². The van der Waals surface area contributed by atoms with Crippen molar-refractivity contribution in [3.63, 3.8) is 0 Å². The molecular formula is C14H12FN3O2S. The molecule has 2 aromatic rings. The molecule has 0 spiro atoms. The van der Waals surface area contributed by atoms with Gasteiger partial charge in [-0.15, -0.1) is 0 Å². The average Bonchev–Trinajstić information content (AvgIpc) is 2.43. The number of rotatable bonds is 3. The molecule has 2 rings (SSSR count). The standard InChI is InChI=1S/C14H12FN3O2S/c1-9-6-7-10(8-13(9)18(19)20)16-14(21)17-12-5-3-2-4-11(12)15/h2-8H,1H3,(H2,16,17,21). The fraction of sp³-hybridized carbons (Fsp3) is 0.0714. The van der Waals surface area contributed by atoms with Crippen molar-refractivity contribution >= 4 is 34.4 Å². The Morgan fingerprint density at radius 1 is 1.24 bits per heavy atom. The van der Waals surface area contributed by atoms with Gasteiger partial charge in [-0.2, -0.15) is 0 Å². The summed E-state index contributed by atoms with van der Waals surface area (Å²) in [5.41, 5.74) is 1.24. The lowest BCUT2D eigenvalue weighted by atomic mass is 10.2. The van der Waals surface area contributed by atoms with Gasteiger partial charge < -0.3 is 10.6 Å². The lowest BCUT2D eigenvalue weighted by molar-refractivity contribution is -0.385. The van der Waals surface area contributed by atoms with E-state index in [4.69, 9.17) is 12.2 Å². The smallest absolute Gasteiger partial charge is 0.274 e. The highest BCUT2D eigenvalue weighted by Crippen LogP contribution is 2.22. The molecule has 0 atom stereocenters. The molecule has 0 aliphatic heterocycles. The summed E-state index contributed by atoms with van der Waals surface area (Å²) in [6, 6.07) is 10.8. The van der Waals surface area contributed by atoms with E-state index >= 15 is 0 Å². The number of anilines is 2. The zero-order valence-corrected chi connectivity index (χ0v) is 11.9. The van der Waals surface area contributed by atoms with Gasteiger partial charge in [-0.05, 0) is 37.3 Å². The summed E-state index contributed by atoms with van der Waals surface area (Å²) < 4.78 is 13.5. The van der Waals surface area contributed by atoms with Crippen molar-refractivity contribution in [3.05, 3.63) is 64.0 Å². The second-order valence-electron chi connectivity index (χ2n) is 4.32. The molecule has 0 aliphatic rings. The summed E-state index contributed by atoms with van der Waals surface area (Å²) >= 11 is 5.06. The summed E-state index contributed by atoms with van der Waals surface area (Å²) in [5, 5.41) is 16.5. The summed E-state index contributed by atoms with van der Waals surface area (Å²) in [5.74, 6) is -0.434. The number of nitro groups is 1. The second kappa shape index (κ2) is 6.27. The normalized spacial score (nSPS) is 10.0. The minimum absolute atomic E-state index is 0.00584. The number of nitrogens with one attached hydrogen (secondary N) is 2. The van der Waals surface area contributed by atoms with Crippen LogP contribution < -0.4 is 10.6 Å². The van der Waals surface area contributed by atoms with Crippen molar-refractivity contribution in [1.82, 2.24) is 0 Å². The van der Waals surface area contributed by atoms with Gasteiger partial charge in [0.2, 0.25) is 0 Å². The lowest BCUT2D eigenvalue weighted by Crippen LogP contribution is -2.19. The Hall–Kier alpha value is -2.54. The van der Waals surface area contributed by atoms with Crippen LogP contribution >= 0.6 is 12.2 Å². The Kier molecular flexibility index (Phi) is 4.44. The molecule has 0 fully saturated rings. The van der Waals surface area contributed by atoms with E-state index in [2.05, 4.69) is 10.6 Å². The average molecular weight is 305 g/mol. The highest BCUT2D eigenvalue weighted by atomic mass is 32.1. The number of hydrogen-bond acceptors (Lipinski definition) is 3. The summed E-state index contributed by atoms with van der Waals surface area (Å²) in [4.78, 5) is 10.4. The van der Waals surface area contributed by atoms with Gasteiger partial charge in [0.25, 0.3) is 5.69 Å². The molecule has 0 saturated carbocycles. The Morgan fingerprint density at radius 2 is 1.95 bits per heavy atom. The van der Waals surface area contributed by atoms with Gasteiger partial charge >= 0.3 is 0 Å². The van der Waals surface area contributed by atoms with Crippen molar-refractivity contribution < 1.29 is 9.31 Å². The molecule has 0 aromatic heterocycles. The largest absolute Gasteiger partial charge is 0.332 e. The summed E-state index contributed by atoms with van der Waals surface area (Å²) in [6.07, 6.45) is 0. The Bertz CT molecular complexity index is 706. The summed E-state index contributed by atoms with van der Waals surface area (Å²) in [7, 11) is 0. The first kappa shape index (κ1) is 14.9. The molecule has 0 saturated heterocycles. The van der Waals surface area contributed by atoms with Crippen LogP contribution in [0.5, 0.6) is 0 Å². The van der Waals surface area contributed by atoms with E-state index in [-0.39, 0.29) is 16.5 Å². The van der Waals surface area contributed by atoms with Crippen LogP contribution in [0.4, 0.5) is 21.5 Å². The Labute approximate surface area is 125 Å². The lowest BCUT2D eigenvalue weighted by Gasteiger charge is -2.11. The van der Waals surface area contributed by atoms with Crippen molar-refractivity contribution in [3.8, 4) is 0 Å². The third-order valence-electron chi connectivity index (χ3n) is 2.79. The molecule has 0 bridgehead atoms. The molecule has 5 nitrogen and oxygen atoms in total. The van der Waals surface area contributed by atoms with Crippen molar-refractivity contribution in [1.29, 1.82) is 0 Å². The first-order chi connectivity index (χ1) is 9.97. The number of benzene rings is 2. The van der Waals surface area contributed by atoms with E-state index in [0.717, 1.165) is 0 Å². The van der Waals surface area contributed by atoms with Gasteiger partial charge in [-0.3, -0.25) is 10.1 Å². The second-order valence-corrected chi connectivity index (χ2v) is 4.73. The molecule has 108 valence electrons. The topological polar surface area (TPSA) is 67.2 Å². The third kappa shape index (κ3) is 3.73. The summed E-state index contributed by atoms with van der Waals surface area (Å²) in [6.45, 7) is 1.65. The molecular weight excluding hydrogens is 293 g/mol. The van der Waals surface area contributed by atoms with Crippen molar-refractivity contribution in [2.75, 3.05) is 10.6 Å². The minimum atomic E-state index is -0.464. The SMILES string of the molecule is Cc1ccc(NC(=S)Nc2ccccc2F)cc1[N+](=O)[O-]. The van der Waals surface area contributed by atoms with Crippen LogP contribution in [0, 0.1) is 22.9 Å². The third-order valence-corrected chi connectivity index (χ3v) is 2.99.